The molecule has 0 aliphatic rings. The fourth-order valence-corrected chi connectivity index (χ4v) is 4.59. The van der Waals surface area contributed by atoms with Crippen molar-refractivity contribution in [3.05, 3.63) is 84.4 Å². The van der Waals surface area contributed by atoms with Crippen LogP contribution in [0.25, 0.3) is 0 Å². The molecular formula is C20H18N2OS2. The average Bonchev–Trinajstić information content (AvgIpc) is 2.68. The SMILES string of the molecule is CNc1ccccc1SSc1ccccc1NC(=O)c1ccccc1. The lowest BCUT2D eigenvalue weighted by Crippen LogP contribution is -2.12. The van der Waals surface area contributed by atoms with Crippen LogP contribution in [0.15, 0.2) is 88.7 Å². The molecule has 0 aliphatic heterocycles. The van der Waals surface area contributed by atoms with Gasteiger partial charge in [0.05, 0.1) is 5.69 Å². The topological polar surface area (TPSA) is 41.1 Å². The van der Waals surface area contributed by atoms with Gasteiger partial charge in [0.25, 0.3) is 5.91 Å². The summed E-state index contributed by atoms with van der Waals surface area (Å²) in [7, 11) is 5.21. The standard InChI is InChI=1S/C20H18N2OS2/c1-21-16-11-5-7-13-18(16)24-25-19-14-8-6-12-17(19)22-20(23)15-9-3-2-4-10-15/h2-14,21H,1H3,(H,22,23). The Kier molecular flexibility index (Phi) is 6.04. The summed E-state index contributed by atoms with van der Waals surface area (Å²) in [6.45, 7) is 0. The number of carbonyl (C=O) groups excluding carboxylic acids is 1. The zero-order chi connectivity index (χ0) is 17.5. The van der Waals surface area contributed by atoms with E-state index in [1.165, 1.54) is 0 Å². The number of nitrogens with one attached hydrogen (secondary N) is 2. The number of amides is 1. The molecule has 3 aromatic carbocycles. The lowest BCUT2D eigenvalue weighted by molar-refractivity contribution is 0.102. The van der Waals surface area contributed by atoms with Crippen molar-refractivity contribution < 1.29 is 4.79 Å². The maximum Gasteiger partial charge on any atom is 0.255 e. The molecule has 3 rings (SSSR count). The molecule has 0 unspecified atom stereocenters. The second kappa shape index (κ2) is 8.65. The summed E-state index contributed by atoms with van der Waals surface area (Å²) < 4.78 is 0. The van der Waals surface area contributed by atoms with Crippen LogP contribution in [-0.2, 0) is 0 Å². The molecule has 25 heavy (non-hydrogen) atoms. The maximum absolute atomic E-state index is 12.4. The van der Waals surface area contributed by atoms with Crippen LogP contribution in [0.3, 0.4) is 0 Å². The van der Waals surface area contributed by atoms with E-state index in [1.54, 1.807) is 21.6 Å². The summed E-state index contributed by atoms with van der Waals surface area (Å²) in [6, 6.07) is 25.2. The summed E-state index contributed by atoms with van der Waals surface area (Å²) >= 11 is 0. The number of hydrogen-bond acceptors (Lipinski definition) is 4. The van der Waals surface area contributed by atoms with Crippen LogP contribution >= 0.6 is 21.6 Å². The molecule has 5 heteroatoms. The molecule has 0 bridgehead atoms. The van der Waals surface area contributed by atoms with Gasteiger partial charge in [0.2, 0.25) is 0 Å². The minimum atomic E-state index is -0.103. The van der Waals surface area contributed by atoms with Gasteiger partial charge in [0, 0.05) is 28.1 Å². The monoisotopic (exact) mass is 366 g/mol. The molecule has 0 heterocycles. The first-order chi connectivity index (χ1) is 12.3. The fourth-order valence-electron chi connectivity index (χ4n) is 2.26. The predicted octanol–water partition coefficient (Wildman–Crippen LogP) is 5.78. The number of carbonyl (C=O) groups is 1. The molecule has 3 nitrogen and oxygen atoms in total. The number of benzene rings is 3. The maximum atomic E-state index is 12.4. The van der Waals surface area contributed by atoms with Gasteiger partial charge in [-0.15, -0.1) is 0 Å². The minimum absolute atomic E-state index is 0.103. The molecule has 126 valence electrons. The highest BCUT2D eigenvalue weighted by molar-refractivity contribution is 8.76. The molecular weight excluding hydrogens is 348 g/mol. The largest absolute Gasteiger partial charge is 0.387 e. The molecule has 0 saturated carbocycles. The molecule has 3 aromatic rings. The summed E-state index contributed by atoms with van der Waals surface area (Å²) in [5.41, 5.74) is 2.55. The normalized spacial score (nSPS) is 10.3. The van der Waals surface area contributed by atoms with Crippen molar-refractivity contribution in [3.8, 4) is 0 Å². The summed E-state index contributed by atoms with van der Waals surface area (Å²) in [5, 5.41) is 6.20. The third-order valence-corrected chi connectivity index (χ3v) is 6.03. The molecule has 0 aliphatic carbocycles. The van der Waals surface area contributed by atoms with E-state index in [0.717, 1.165) is 21.2 Å². The third kappa shape index (κ3) is 4.59. The van der Waals surface area contributed by atoms with E-state index >= 15 is 0 Å². The van der Waals surface area contributed by atoms with Crippen molar-refractivity contribution >= 4 is 38.9 Å². The Balaban J connectivity index is 1.74. The first kappa shape index (κ1) is 17.5. The number of rotatable bonds is 6. The first-order valence-corrected chi connectivity index (χ1v) is 9.99. The van der Waals surface area contributed by atoms with Crippen molar-refractivity contribution in [2.24, 2.45) is 0 Å². The number of hydrogen-bond donors (Lipinski definition) is 2. The third-order valence-electron chi connectivity index (χ3n) is 3.55. The molecule has 0 atom stereocenters. The van der Waals surface area contributed by atoms with Crippen molar-refractivity contribution in [1.82, 2.24) is 0 Å². The summed E-state index contributed by atoms with van der Waals surface area (Å²) in [5.74, 6) is -0.103. The van der Waals surface area contributed by atoms with Gasteiger partial charge in [-0.05, 0) is 36.4 Å². The molecule has 0 radical (unpaired) electrons. The van der Waals surface area contributed by atoms with E-state index in [4.69, 9.17) is 0 Å². The van der Waals surface area contributed by atoms with Crippen LogP contribution in [0.4, 0.5) is 11.4 Å². The van der Waals surface area contributed by atoms with Gasteiger partial charge < -0.3 is 10.6 Å². The van der Waals surface area contributed by atoms with Gasteiger partial charge in [-0.2, -0.15) is 0 Å². The van der Waals surface area contributed by atoms with E-state index in [2.05, 4.69) is 16.7 Å². The van der Waals surface area contributed by atoms with E-state index in [-0.39, 0.29) is 5.91 Å². The van der Waals surface area contributed by atoms with Crippen molar-refractivity contribution in [2.75, 3.05) is 17.7 Å². The van der Waals surface area contributed by atoms with Gasteiger partial charge in [0.15, 0.2) is 0 Å². The lowest BCUT2D eigenvalue weighted by atomic mass is 10.2. The van der Waals surface area contributed by atoms with Crippen molar-refractivity contribution in [2.45, 2.75) is 9.79 Å². The zero-order valence-corrected chi connectivity index (χ0v) is 15.4. The van der Waals surface area contributed by atoms with Gasteiger partial charge in [-0.3, -0.25) is 4.79 Å². The summed E-state index contributed by atoms with van der Waals surface area (Å²) in [6.07, 6.45) is 0. The van der Waals surface area contributed by atoms with Gasteiger partial charge >= 0.3 is 0 Å². The van der Waals surface area contributed by atoms with Crippen LogP contribution in [0.1, 0.15) is 10.4 Å². The van der Waals surface area contributed by atoms with Gasteiger partial charge in [-0.1, -0.05) is 64.1 Å². The van der Waals surface area contributed by atoms with Crippen LogP contribution in [-0.4, -0.2) is 13.0 Å². The van der Waals surface area contributed by atoms with Crippen molar-refractivity contribution in [1.29, 1.82) is 0 Å². The highest BCUT2D eigenvalue weighted by atomic mass is 33.1. The zero-order valence-electron chi connectivity index (χ0n) is 13.7. The Morgan fingerprint density at radius 3 is 1.88 bits per heavy atom. The van der Waals surface area contributed by atoms with E-state index in [1.807, 2.05) is 79.8 Å². The van der Waals surface area contributed by atoms with Gasteiger partial charge in [-0.25, -0.2) is 0 Å². The van der Waals surface area contributed by atoms with Crippen LogP contribution in [0.5, 0.6) is 0 Å². The summed E-state index contributed by atoms with van der Waals surface area (Å²) in [4.78, 5) is 14.6. The molecule has 0 saturated heterocycles. The smallest absolute Gasteiger partial charge is 0.255 e. The second-order valence-electron chi connectivity index (χ2n) is 5.23. The molecule has 1 amide bonds. The first-order valence-electron chi connectivity index (χ1n) is 7.84. The fraction of sp³-hybridized carbons (Fsp3) is 0.0500. The second-order valence-corrected chi connectivity index (χ2v) is 7.44. The molecule has 0 fully saturated rings. The highest BCUT2D eigenvalue weighted by Crippen LogP contribution is 2.43. The van der Waals surface area contributed by atoms with E-state index < -0.39 is 0 Å². The molecule has 0 aromatic heterocycles. The average molecular weight is 367 g/mol. The van der Waals surface area contributed by atoms with E-state index in [9.17, 15) is 4.79 Å². The van der Waals surface area contributed by atoms with Crippen molar-refractivity contribution in [3.63, 3.8) is 0 Å². The lowest BCUT2D eigenvalue weighted by Gasteiger charge is -2.12. The van der Waals surface area contributed by atoms with Crippen LogP contribution < -0.4 is 10.6 Å². The Hall–Kier alpha value is -2.37. The van der Waals surface area contributed by atoms with Gasteiger partial charge in [0.1, 0.15) is 0 Å². The Morgan fingerprint density at radius 2 is 1.24 bits per heavy atom. The Labute approximate surface area is 155 Å². The Morgan fingerprint density at radius 1 is 0.720 bits per heavy atom. The number of para-hydroxylation sites is 2. The van der Waals surface area contributed by atoms with Crippen LogP contribution in [0.2, 0.25) is 0 Å². The molecule has 2 N–H and O–H groups in total. The Bertz CT molecular complexity index is 853. The number of anilines is 2. The minimum Gasteiger partial charge on any atom is -0.387 e. The predicted molar refractivity (Wildman–Crippen MR) is 109 cm³/mol. The van der Waals surface area contributed by atoms with E-state index in [0.29, 0.717) is 5.56 Å². The molecule has 0 spiro atoms. The quantitative estimate of drug-likeness (QED) is 0.543. The highest BCUT2D eigenvalue weighted by Gasteiger charge is 2.10. The van der Waals surface area contributed by atoms with Crippen LogP contribution in [0, 0.1) is 0 Å².